The monoisotopic (exact) mass is 219 g/mol. The van der Waals surface area contributed by atoms with Gasteiger partial charge in [0, 0.05) is 12.0 Å². The number of Topliss-reactive ketones (excluding diaryl/α,β-unsaturated/α-hetero) is 1. The largest absolute Gasteiger partial charge is 0.486 e. The van der Waals surface area contributed by atoms with Crippen LogP contribution < -0.4 is 10.1 Å². The van der Waals surface area contributed by atoms with E-state index >= 15 is 0 Å². The molecule has 0 saturated carbocycles. The first kappa shape index (κ1) is 11.0. The average molecular weight is 219 g/mol. The zero-order valence-corrected chi connectivity index (χ0v) is 9.75. The van der Waals surface area contributed by atoms with E-state index in [-0.39, 0.29) is 11.9 Å². The summed E-state index contributed by atoms with van der Waals surface area (Å²) in [4.78, 5) is 11.6. The van der Waals surface area contributed by atoms with Crippen molar-refractivity contribution in [1.29, 1.82) is 0 Å². The molecule has 0 saturated heterocycles. The van der Waals surface area contributed by atoms with Crippen molar-refractivity contribution < 1.29 is 9.53 Å². The Hall–Kier alpha value is -1.51. The maximum atomic E-state index is 11.6. The van der Waals surface area contributed by atoms with E-state index in [1.165, 1.54) is 0 Å². The molecule has 1 atom stereocenters. The molecule has 3 nitrogen and oxygen atoms in total. The number of fused-ring (bicyclic) bond motifs is 1. The standard InChI is InChI=1S/C13H17NO2/c1-3-10-8-14-11-7-9(12(15)4-2)5-6-13(11)16-10/h5-7,10,14H,3-4,8H2,1-2H3. The molecule has 1 heterocycles. The van der Waals surface area contributed by atoms with Gasteiger partial charge in [-0.25, -0.2) is 0 Å². The number of carbonyl (C=O) groups excluding carboxylic acids is 1. The van der Waals surface area contributed by atoms with Crippen LogP contribution in [0.4, 0.5) is 5.69 Å². The SMILES string of the molecule is CCC(=O)c1ccc2c(c1)NCC(CC)O2. The molecule has 0 fully saturated rings. The third-order valence-corrected chi connectivity index (χ3v) is 2.89. The van der Waals surface area contributed by atoms with Gasteiger partial charge < -0.3 is 10.1 Å². The van der Waals surface area contributed by atoms with Crippen LogP contribution in [-0.4, -0.2) is 18.4 Å². The topological polar surface area (TPSA) is 38.3 Å². The van der Waals surface area contributed by atoms with E-state index in [9.17, 15) is 4.79 Å². The van der Waals surface area contributed by atoms with Gasteiger partial charge >= 0.3 is 0 Å². The second kappa shape index (κ2) is 4.56. The molecule has 1 unspecified atom stereocenters. The van der Waals surface area contributed by atoms with Crippen molar-refractivity contribution in [2.24, 2.45) is 0 Å². The van der Waals surface area contributed by atoms with E-state index in [1.54, 1.807) is 0 Å². The van der Waals surface area contributed by atoms with E-state index in [0.717, 1.165) is 30.0 Å². The summed E-state index contributed by atoms with van der Waals surface area (Å²) in [6.45, 7) is 4.79. The second-order valence-electron chi connectivity index (χ2n) is 4.02. The van der Waals surface area contributed by atoms with Gasteiger partial charge in [0.25, 0.3) is 0 Å². The molecule has 1 aliphatic rings. The Morgan fingerprint density at radius 2 is 2.31 bits per heavy atom. The minimum Gasteiger partial charge on any atom is -0.486 e. The average Bonchev–Trinajstić information content (AvgIpc) is 2.36. The lowest BCUT2D eigenvalue weighted by Crippen LogP contribution is -2.30. The summed E-state index contributed by atoms with van der Waals surface area (Å²) < 4.78 is 5.78. The number of anilines is 1. The van der Waals surface area contributed by atoms with E-state index in [4.69, 9.17) is 4.74 Å². The predicted octanol–water partition coefficient (Wildman–Crippen LogP) is 2.86. The lowest BCUT2D eigenvalue weighted by atomic mass is 10.1. The highest BCUT2D eigenvalue weighted by Crippen LogP contribution is 2.30. The Bertz CT molecular complexity index is 401. The van der Waals surface area contributed by atoms with Crippen LogP contribution in [0.25, 0.3) is 0 Å². The van der Waals surface area contributed by atoms with Crippen molar-refractivity contribution in [3.8, 4) is 5.75 Å². The molecule has 86 valence electrons. The second-order valence-corrected chi connectivity index (χ2v) is 4.02. The Kier molecular flexibility index (Phi) is 3.13. The molecule has 1 N–H and O–H groups in total. The third kappa shape index (κ3) is 2.03. The zero-order chi connectivity index (χ0) is 11.5. The van der Waals surface area contributed by atoms with Gasteiger partial charge in [-0.3, -0.25) is 4.79 Å². The highest BCUT2D eigenvalue weighted by Gasteiger charge is 2.18. The van der Waals surface area contributed by atoms with Crippen molar-refractivity contribution in [3.05, 3.63) is 23.8 Å². The summed E-state index contributed by atoms with van der Waals surface area (Å²) in [5.74, 6) is 1.02. The smallest absolute Gasteiger partial charge is 0.162 e. The quantitative estimate of drug-likeness (QED) is 0.794. The Morgan fingerprint density at radius 1 is 1.50 bits per heavy atom. The Morgan fingerprint density at radius 3 is 3.00 bits per heavy atom. The van der Waals surface area contributed by atoms with Crippen molar-refractivity contribution >= 4 is 11.5 Å². The van der Waals surface area contributed by atoms with Gasteiger partial charge in [-0.15, -0.1) is 0 Å². The molecule has 0 aromatic heterocycles. The number of hydrogen-bond acceptors (Lipinski definition) is 3. The first-order chi connectivity index (χ1) is 7.74. The Balaban J connectivity index is 2.24. The summed E-state index contributed by atoms with van der Waals surface area (Å²) in [5.41, 5.74) is 1.69. The van der Waals surface area contributed by atoms with Crippen LogP contribution in [-0.2, 0) is 0 Å². The van der Waals surface area contributed by atoms with E-state index in [0.29, 0.717) is 6.42 Å². The number of hydrogen-bond donors (Lipinski definition) is 1. The number of benzene rings is 1. The molecule has 0 bridgehead atoms. The Labute approximate surface area is 95.8 Å². The van der Waals surface area contributed by atoms with Crippen molar-refractivity contribution in [1.82, 2.24) is 0 Å². The van der Waals surface area contributed by atoms with Gasteiger partial charge in [0.2, 0.25) is 0 Å². The fraction of sp³-hybridized carbons (Fsp3) is 0.462. The highest BCUT2D eigenvalue weighted by atomic mass is 16.5. The van der Waals surface area contributed by atoms with Crippen LogP contribution in [0.3, 0.4) is 0 Å². The summed E-state index contributed by atoms with van der Waals surface area (Å²) in [6.07, 6.45) is 1.76. The van der Waals surface area contributed by atoms with Gasteiger partial charge in [0.05, 0.1) is 12.2 Å². The molecular weight excluding hydrogens is 202 g/mol. The molecule has 1 aromatic carbocycles. The number of nitrogens with one attached hydrogen (secondary N) is 1. The molecule has 16 heavy (non-hydrogen) atoms. The lowest BCUT2D eigenvalue weighted by Gasteiger charge is -2.26. The first-order valence-electron chi connectivity index (χ1n) is 5.82. The van der Waals surface area contributed by atoms with E-state index in [2.05, 4.69) is 12.2 Å². The fourth-order valence-corrected chi connectivity index (χ4v) is 1.82. The maximum Gasteiger partial charge on any atom is 0.162 e. The highest BCUT2D eigenvalue weighted by molar-refractivity contribution is 5.97. The van der Waals surface area contributed by atoms with Crippen molar-refractivity contribution in [3.63, 3.8) is 0 Å². The van der Waals surface area contributed by atoms with E-state index < -0.39 is 0 Å². The van der Waals surface area contributed by atoms with Crippen LogP contribution in [0.2, 0.25) is 0 Å². The van der Waals surface area contributed by atoms with Gasteiger partial charge in [0.15, 0.2) is 5.78 Å². The minimum absolute atomic E-state index is 0.169. The molecule has 3 heteroatoms. The molecule has 1 aromatic rings. The molecule has 2 rings (SSSR count). The summed E-state index contributed by atoms with van der Waals surface area (Å²) >= 11 is 0. The molecule has 0 radical (unpaired) electrons. The van der Waals surface area contributed by atoms with Gasteiger partial charge in [-0.1, -0.05) is 13.8 Å². The number of ether oxygens (including phenoxy) is 1. The van der Waals surface area contributed by atoms with Gasteiger partial charge in [-0.2, -0.15) is 0 Å². The minimum atomic E-state index is 0.169. The number of ketones is 1. The lowest BCUT2D eigenvalue weighted by molar-refractivity contribution is 0.0988. The number of carbonyl (C=O) groups is 1. The molecule has 1 aliphatic heterocycles. The maximum absolute atomic E-state index is 11.6. The van der Waals surface area contributed by atoms with Crippen molar-refractivity contribution in [2.75, 3.05) is 11.9 Å². The van der Waals surface area contributed by atoms with Crippen LogP contribution in [0.15, 0.2) is 18.2 Å². The van der Waals surface area contributed by atoms with E-state index in [1.807, 2.05) is 25.1 Å². The molecular formula is C13H17NO2. The summed E-state index contributed by atoms with van der Waals surface area (Å²) in [6, 6.07) is 5.60. The number of rotatable bonds is 3. The van der Waals surface area contributed by atoms with Crippen LogP contribution >= 0.6 is 0 Å². The van der Waals surface area contributed by atoms with Gasteiger partial charge in [-0.05, 0) is 24.6 Å². The normalized spacial score (nSPS) is 18.2. The van der Waals surface area contributed by atoms with Crippen LogP contribution in [0.5, 0.6) is 5.75 Å². The first-order valence-corrected chi connectivity index (χ1v) is 5.82. The molecule has 0 aliphatic carbocycles. The van der Waals surface area contributed by atoms with Crippen LogP contribution in [0.1, 0.15) is 37.0 Å². The van der Waals surface area contributed by atoms with Gasteiger partial charge in [0.1, 0.15) is 11.9 Å². The molecule has 0 spiro atoms. The summed E-state index contributed by atoms with van der Waals surface area (Å²) in [7, 11) is 0. The van der Waals surface area contributed by atoms with Crippen LogP contribution in [0, 0.1) is 0 Å². The molecule has 0 amide bonds. The van der Waals surface area contributed by atoms with Crippen molar-refractivity contribution in [2.45, 2.75) is 32.8 Å². The predicted molar refractivity (Wildman–Crippen MR) is 64.3 cm³/mol. The fourth-order valence-electron chi connectivity index (χ4n) is 1.82. The third-order valence-electron chi connectivity index (χ3n) is 2.89. The zero-order valence-electron chi connectivity index (χ0n) is 9.75. The summed E-state index contributed by atoms with van der Waals surface area (Å²) in [5, 5.41) is 3.31.